The van der Waals surface area contributed by atoms with Gasteiger partial charge in [0.2, 0.25) is 0 Å². The van der Waals surface area contributed by atoms with Gasteiger partial charge in [0.15, 0.2) is 0 Å². The molecule has 0 aliphatic heterocycles. The lowest BCUT2D eigenvalue weighted by atomic mass is 10.2. The van der Waals surface area contributed by atoms with Gasteiger partial charge in [-0.1, -0.05) is 18.2 Å². The first kappa shape index (κ1) is 16.6. The van der Waals surface area contributed by atoms with Crippen LogP contribution in [0.1, 0.15) is 27.3 Å². The van der Waals surface area contributed by atoms with Gasteiger partial charge in [0.25, 0.3) is 5.91 Å². The molecule has 0 saturated carbocycles. The van der Waals surface area contributed by atoms with Crippen molar-refractivity contribution < 1.29 is 9.18 Å². The van der Waals surface area contributed by atoms with Crippen LogP contribution in [0.5, 0.6) is 0 Å². The summed E-state index contributed by atoms with van der Waals surface area (Å²) in [5, 5.41) is 8.51. The molecule has 1 heterocycles. The molecule has 2 aromatic carbocycles. The SMILES string of the molecule is Cc1nn(-c2ccccc2)c(C)c1/C=N\NC(=O)c1ccc(F)cc1. The first-order chi connectivity index (χ1) is 12.1. The molecule has 0 radical (unpaired) electrons. The molecule has 0 atom stereocenters. The number of halogens is 1. The van der Waals surface area contributed by atoms with Gasteiger partial charge in [-0.05, 0) is 50.2 Å². The zero-order chi connectivity index (χ0) is 17.8. The highest BCUT2D eigenvalue weighted by molar-refractivity contribution is 5.95. The van der Waals surface area contributed by atoms with Gasteiger partial charge < -0.3 is 0 Å². The Morgan fingerprint density at radius 1 is 1.12 bits per heavy atom. The average molecular weight is 336 g/mol. The predicted octanol–water partition coefficient (Wildman–Crippen LogP) is 3.39. The minimum Gasteiger partial charge on any atom is -0.267 e. The minimum absolute atomic E-state index is 0.340. The summed E-state index contributed by atoms with van der Waals surface area (Å²) in [6.07, 6.45) is 1.57. The molecule has 126 valence electrons. The quantitative estimate of drug-likeness (QED) is 0.586. The van der Waals surface area contributed by atoms with Crippen LogP contribution in [0.2, 0.25) is 0 Å². The van der Waals surface area contributed by atoms with Crippen LogP contribution in [-0.4, -0.2) is 21.9 Å². The van der Waals surface area contributed by atoms with Crippen molar-refractivity contribution in [1.82, 2.24) is 15.2 Å². The van der Waals surface area contributed by atoms with E-state index in [-0.39, 0.29) is 5.82 Å². The Morgan fingerprint density at radius 2 is 1.80 bits per heavy atom. The van der Waals surface area contributed by atoms with Crippen molar-refractivity contribution in [3.8, 4) is 5.69 Å². The Bertz CT molecular complexity index is 915. The second kappa shape index (κ2) is 7.09. The third kappa shape index (κ3) is 3.63. The first-order valence-corrected chi connectivity index (χ1v) is 7.77. The van der Waals surface area contributed by atoms with Crippen LogP contribution in [0.4, 0.5) is 4.39 Å². The van der Waals surface area contributed by atoms with Gasteiger partial charge in [0.1, 0.15) is 5.82 Å². The van der Waals surface area contributed by atoms with Crippen molar-refractivity contribution in [2.75, 3.05) is 0 Å². The van der Waals surface area contributed by atoms with Crippen molar-refractivity contribution in [3.63, 3.8) is 0 Å². The molecule has 3 rings (SSSR count). The number of carbonyl (C=O) groups excluding carboxylic acids is 1. The number of hydrazone groups is 1. The number of benzene rings is 2. The number of nitrogens with zero attached hydrogens (tertiary/aromatic N) is 3. The van der Waals surface area contributed by atoms with E-state index in [4.69, 9.17) is 0 Å². The smallest absolute Gasteiger partial charge is 0.267 e. The molecule has 5 nitrogen and oxygen atoms in total. The molecule has 0 saturated heterocycles. The second-order valence-electron chi connectivity index (χ2n) is 5.54. The lowest BCUT2D eigenvalue weighted by Crippen LogP contribution is -2.17. The highest BCUT2D eigenvalue weighted by Crippen LogP contribution is 2.16. The minimum atomic E-state index is -0.401. The van der Waals surface area contributed by atoms with Crippen LogP contribution < -0.4 is 5.43 Å². The second-order valence-corrected chi connectivity index (χ2v) is 5.54. The van der Waals surface area contributed by atoms with E-state index in [0.29, 0.717) is 5.56 Å². The highest BCUT2D eigenvalue weighted by Gasteiger charge is 2.11. The fraction of sp³-hybridized carbons (Fsp3) is 0.105. The number of aryl methyl sites for hydroxylation is 1. The maximum atomic E-state index is 12.9. The number of aromatic nitrogens is 2. The van der Waals surface area contributed by atoms with E-state index in [1.54, 1.807) is 6.21 Å². The molecule has 6 heteroatoms. The van der Waals surface area contributed by atoms with Gasteiger partial charge in [-0.2, -0.15) is 10.2 Å². The van der Waals surface area contributed by atoms with Crippen molar-refractivity contribution in [2.45, 2.75) is 13.8 Å². The molecule has 0 fully saturated rings. The van der Waals surface area contributed by atoms with Crippen LogP contribution in [0.25, 0.3) is 5.69 Å². The standard InChI is InChI=1S/C19H17FN4O/c1-13-18(14(2)24(23-13)17-6-4-3-5-7-17)12-21-22-19(25)15-8-10-16(20)11-9-15/h3-12H,1-2H3,(H,22,25)/b21-12-. The molecule has 1 amide bonds. The Kier molecular flexibility index (Phi) is 4.70. The summed E-state index contributed by atoms with van der Waals surface area (Å²) < 4.78 is 14.7. The molecular formula is C19H17FN4O. The van der Waals surface area contributed by atoms with Crippen molar-refractivity contribution >= 4 is 12.1 Å². The van der Waals surface area contributed by atoms with Crippen LogP contribution >= 0.6 is 0 Å². The van der Waals surface area contributed by atoms with E-state index < -0.39 is 5.91 Å². The molecule has 1 N–H and O–H groups in total. The number of amides is 1. The van der Waals surface area contributed by atoms with E-state index in [1.165, 1.54) is 24.3 Å². The summed E-state index contributed by atoms with van der Waals surface area (Å²) in [4.78, 5) is 12.0. The molecule has 0 bridgehead atoms. The monoisotopic (exact) mass is 336 g/mol. The first-order valence-electron chi connectivity index (χ1n) is 7.77. The summed E-state index contributed by atoms with van der Waals surface area (Å²) in [7, 11) is 0. The molecule has 0 aliphatic rings. The number of rotatable bonds is 4. The number of hydrogen-bond donors (Lipinski definition) is 1. The Hall–Kier alpha value is -3.28. The zero-order valence-electron chi connectivity index (χ0n) is 13.9. The summed E-state index contributed by atoms with van der Waals surface area (Å²) in [5.41, 5.74) is 6.30. The Morgan fingerprint density at radius 3 is 2.48 bits per heavy atom. The summed E-state index contributed by atoms with van der Waals surface area (Å²) in [5.74, 6) is -0.790. The fourth-order valence-electron chi connectivity index (χ4n) is 2.48. The molecular weight excluding hydrogens is 319 g/mol. The number of carbonyl (C=O) groups is 1. The van der Waals surface area contributed by atoms with Crippen molar-refractivity contribution in [2.24, 2.45) is 5.10 Å². The summed E-state index contributed by atoms with van der Waals surface area (Å²) in [6.45, 7) is 3.83. The van der Waals surface area contributed by atoms with Crippen LogP contribution in [0.15, 0.2) is 59.7 Å². The largest absolute Gasteiger partial charge is 0.271 e. The van der Waals surface area contributed by atoms with Gasteiger partial charge in [-0.25, -0.2) is 14.5 Å². The van der Waals surface area contributed by atoms with Gasteiger partial charge in [0.05, 0.1) is 23.3 Å². The summed E-state index contributed by atoms with van der Waals surface area (Å²) in [6, 6.07) is 15.1. The maximum absolute atomic E-state index is 12.9. The molecule has 25 heavy (non-hydrogen) atoms. The molecule has 0 unspecified atom stereocenters. The van der Waals surface area contributed by atoms with Gasteiger partial charge in [-0.15, -0.1) is 0 Å². The zero-order valence-corrected chi connectivity index (χ0v) is 13.9. The Labute approximate surface area is 144 Å². The van der Waals surface area contributed by atoms with E-state index in [0.717, 1.165) is 22.6 Å². The van der Waals surface area contributed by atoms with Crippen LogP contribution in [0.3, 0.4) is 0 Å². The molecule has 3 aromatic rings. The summed E-state index contributed by atoms with van der Waals surface area (Å²) >= 11 is 0. The lowest BCUT2D eigenvalue weighted by molar-refractivity contribution is 0.0955. The lowest BCUT2D eigenvalue weighted by Gasteiger charge is -2.03. The van der Waals surface area contributed by atoms with Crippen LogP contribution in [-0.2, 0) is 0 Å². The highest BCUT2D eigenvalue weighted by atomic mass is 19.1. The Balaban J connectivity index is 1.77. The molecule has 0 aliphatic carbocycles. The van der Waals surface area contributed by atoms with E-state index >= 15 is 0 Å². The van der Waals surface area contributed by atoms with Gasteiger partial charge in [-0.3, -0.25) is 4.79 Å². The van der Waals surface area contributed by atoms with E-state index in [2.05, 4.69) is 15.6 Å². The van der Waals surface area contributed by atoms with E-state index in [9.17, 15) is 9.18 Å². The predicted molar refractivity (Wildman–Crippen MR) is 94.5 cm³/mol. The number of hydrogen-bond acceptors (Lipinski definition) is 3. The maximum Gasteiger partial charge on any atom is 0.271 e. The third-order valence-electron chi connectivity index (χ3n) is 3.81. The number of nitrogens with one attached hydrogen (secondary N) is 1. The van der Waals surface area contributed by atoms with E-state index in [1.807, 2.05) is 48.9 Å². The average Bonchev–Trinajstić information content (AvgIpc) is 2.91. The number of para-hydroxylation sites is 1. The topological polar surface area (TPSA) is 59.3 Å². The van der Waals surface area contributed by atoms with Crippen molar-refractivity contribution in [1.29, 1.82) is 0 Å². The van der Waals surface area contributed by atoms with Crippen molar-refractivity contribution in [3.05, 3.63) is 82.9 Å². The van der Waals surface area contributed by atoms with Gasteiger partial charge >= 0.3 is 0 Å². The van der Waals surface area contributed by atoms with Gasteiger partial charge in [0, 0.05) is 11.1 Å². The normalized spacial score (nSPS) is 11.0. The van der Waals surface area contributed by atoms with Crippen LogP contribution in [0, 0.1) is 19.7 Å². The fourth-order valence-corrected chi connectivity index (χ4v) is 2.48. The molecule has 0 spiro atoms. The molecule has 1 aromatic heterocycles. The third-order valence-corrected chi connectivity index (χ3v) is 3.81.